The number of aliphatic imine (C=N–C) groups is 1. The van der Waals surface area contributed by atoms with Crippen molar-refractivity contribution >= 4 is 35.6 Å². The Kier molecular flexibility index (Phi) is 8.14. The molecule has 1 amide bonds. The molecule has 172 valence electrons. The summed E-state index contributed by atoms with van der Waals surface area (Å²) in [4.78, 5) is 41.6. The maximum atomic E-state index is 12.3. The molecule has 0 bridgehead atoms. The van der Waals surface area contributed by atoms with Crippen molar-refractivity contribution in [1.82, 2.24) is 4.90 Å². The number of benzene rings is 2. The number of amides is 1. The van der Waals surface area contributed by atoms with Crippen molar-refractivity contribution in [2.45, 2.75) is 0 Å². The van der Waals surface area contributed by atoms with Gasteiger partial charge in [-0.05, 0) is 48.0 Å². The van der Waals surface area contributed by atoms with E-state index in [4.69, 9.17) is 25.7 Å². The van der Waals surface area contributed by atoms with Crippen molar-refractivity contribution in [3.8, 4) is 5.75 Å². The molecule has 0 atom stereocenters. The van der Waals surface area contributed by atoms with E-state index < -0.39 is 11.9 Å². The second-order valence-electron chi connectivity index (χ2n) is 6.98. The Morgan fingerprint density at radius 1 is 1.00 bits per heavy atom. The van der Waals surface area contributed by atoms with Crippen LogP contribution in [0.2, 0.25) is 0 Å². The summed E-state index contributed by atoms with van der Waals surface area (Å²) in [5.41, 5.74) is 12.2. The number of nitrogens with two attached hydrogens (primary N) is 2. The monoisotopic (exact) mass is 452 g/mol. The van der Waals surface area contributed by atoms with Crippen molar-refractivity contribution in [3.63, 3.8) is 0 Å². The van der Waals surface area contributed by atoms with E-state index in [9.17, 15) is 14.4 Å². The maximum Gasteiger partial charge on any atom is 0.343 e. The number of rotatable bonds is 7. The van der Waals surface area contributed by atoms with Crippen molar-refractivity contribution in [2.24, 2.45) is 16.5 Å². The molecular formula is C23H24N4O6. The highest BCUT2D eigenvalue weighted by Crippen LogP contribution is 2.17. The minimum absolute atomic E-state index is 0.0748. The van der Waals surface area contributed by atoms with Crippen LogP contribution >= 0.6 is 0 Å². The first-order valence-electron chi connectivity index (χ1n) is 10.1. The fourth-order valence-corrected chi connectivity index (χ4v) is 2.88. The molecule has 0 saturated carbocycles. The van der Waals surface area contributed by atoms with Gasteiger partial charge in [0.1, 0.15) is 5.75 Å². The number of morpholine rings is 1. The number of carbonyl (C=O) groups is 3. The number of hydrogen-bond donors (Lipinski definition) is 2. The van der Waals surface area contributed by atoms with Gasteiger partial charge in [0.2, 0.25) is 0 Å². The predicted octanol–water partition coefficient (Wildman–Crippen LogP) is 1.23. The third-order valence-corrected chi connectivity index (χ3v) is 4.57. The first-order valence-corrected chi connectivity index (χ1v) is 10.1. The third-order valence-electron chi connectivity index (χ3n) is 4.57. The van der Waals surface area contributed by atoms with Crippen molar-refractivity contribution < 1.29 is 28.6 Å². The second kappa shape index (κ2) is 11.4. The fraction of sp³-hybridized carbons (Fsp3) is 0.217. The molecular weight excluding hydrogens is 428 g/mol. The Labute approximate surface area is 190 Å². The summed E-state index contributed by atoms with van der Waals surface area (Å²) in [5, 5.41) is 0. The highest BCUT2D eigenvalue weighted by Gasteiger charge is 2.17. The average Bonchev–Trinajstić information content (AvgIpc) is 2.82. The van der Waals surface area contributed by atoms with Crippen molar-refractivity contribution in [2.75, 3.05) is 32.9 Å². The number of esters is 2. The van der Waals surface area contributed by atoms with E-state index in [0.29, 0.717) is 48.9 Å². The van der Waals surface area contributed by atoms with Gasteiger partial charge in [0.25, 0.3) is 5.91 Å². The maximum absolute atomic E-state index is 12.3. The Morgan fingerprint density at radius 3 is 2.30 bits per heavy atom. The summed E-state index contributed by atoms with van der Waals surface area (Å²) in [6.45, 7) is 1.64. The minimum atomic E-state index is -0.628. The Bertz CT molecular complexity index is 1040. The summed E-state index contributed by atoms with van der Waals surface area (Å²) in [7, 11) is 0. The molecule has 2 aromatic rings. The van der Waals surface area contributed by atoms with Gasteiger partial charge in [-0.15, -0.1) is 0 Å². The predicted molar refractivity (Wildman–Crippen MR) is 121 cm³/mol. The van der Waals surface area contributed by atoms with Gasteiger partial charge in [-0.2, -0.15) is 0 Å². The van der Waals surface area contributed by atoms with Gasteiger partial charge in [-0.3, -0.25) is 4.79 Å². The molecule has 4 N–H and O–H groups in total. The highest BCUT2D eigenvalue weighted by atomic mass is 16.5. The Hall–Kier alpha value is -4.18. The van der Waals surface area contributed by atoms with E-state index in [1.165, 1.54) is 12.2 Å². The quantitative estimate of drug-likeness (QED) is 0.210. The van der Waals surface area contributed by atoms with Crippen LogP contribution in [-0.2, 0) is 19.1 Å². The molecule has 0 spiro atoms. The van der Waals surface area contributed by atoms with Crippen molar-refractivity contribution in [1.29, 1.82) is 0 Å². The molecule has 1 heterocycles. The third kappa shape index (κ3) is 7.47. The average molecular weight is 452 g/mol. The molecule has 0 unspecified atom stereocenters. The summed E-state index contributed by atoms with van der Waals surface area (Å²) >= 11 is 0. The molecule has 0 aromatic heterocycles. The normalized spacial score (nSPS) is 13.4. The summed E-state index contributed by atoms with van der Waals surface area (Å²) in [6, 6.07) is 12.8. The molecule has 0 radical (unpaired) electrons. The van der Waals surface area contributed by atoms with Crippen LogP contribution in [0, 0.1) is 0 Å². The van der Waals surface area contributed by atoms with Crippen LogP contribution in [0.5, 0.6) is 5.75 Å². The van der Waals surface area contributed by atoms with Gasteiger partial charge in [0.05, 0.1) is 24.5 Å². The van der Waals surface area contributed by atoms with Crippen LogP contribution in [0.25, 0.3) is 6.08 Å². The summed E-state index contributed by atoms with van der Waals surface area (Å²) in [6.07, 6.45) is 2.77. The molecule has 1 saturated heterocycles. The van der Waals surface area contributed by atoms with Gasteiger partial charge in [0, 0.05) is 19.2 Å². The molecule has 10 nitrogen and oxygen atoms in total. The van der Waals surface area contributed by atoms with Crippen molar-refractivity contribution in [3.05, 3.63) is 65.7 Å². The zero-order valence-electron chi connectivity index (χ0n) is 17.8. The lowest BCUT2D eigenvalue weighted by atomic mass is 10.2. The van der Waals surface area contributed by atoms with E-state index in [0.717, 1.165) is 0 Å². The number of guanidine groups is 1. The zero-order valence-corrected chi connectivity index (χ0v) is 17.8. The molecule has 3 rings (SSSR count). The van der Waals surface area contributed by atoms with Crippen LogP contribution in [0.4, 0.5) is 5.69 Å². The van der Waals surface area contributed by atoms with Crippen LogP contribution in [0.15, 0.2) is 59.6 Å². The lowest BCUT2D eigenvalue weighted by Crippen LogP contribution is -2.42. The summed E-state index contributed by atoms with van der Waals surface area (Å²) in [5.74, 6) is -1.16. The SMILES string of the molecule is NC(N)=Nc1ccc(C(=O)Oc2ccc(/C=C/C(=O)OCC(=O)N3CCOCC3)cc2)cc1. The lowest BCUT2D eigenvalue weighted by Gasteiger charge is -2.26. The fourth-order valence-electron chi connectivity index (χ4n) is 2.88. The van der Waals surface area contributed by atoms with Gasteiger partial charge < -0.3 is 30.6 Å². The topological polar surface area (TPSA) is 147 Å². The zero-order chi connectivity index (χ0) is 23.6. The van der Waals surface area contributed by atoms with Crippen LogP contribution in [-0.4, -0.2) is 61.6 Å². The standard InChI is InChI=1S/C23H24N4O6/c24-23(25)26-18-6-4-17(5-7-18)22(30)33-19-8-1-16(2-9-19)3-10-21(29)32-15-20(28)27-11-13-31-14-12-27/h1-10H,11-15H2,(H4,24,25,26)/b10-3+. The van der Waals surface area contributed by atoms with E-state index in [2.05, 4.69) is 4.99 Å². The molecule has 33 heavy (non-hydrogen) atoms. The minimum Gasteiger partial charge on any atom is -0.452 e. The van der Waals surface area contributed by atoms with E-state index in [-0.39, 0.29) is 18.5 Å². The lowest BCUT2D eigenvalue weighted by molar-refractivity contribution is -0.150. The highest BCUT2D eigenvalue weighted by molar-refractivity contribution is 5.92. The largest absolute Gasteiger partial charge is 0.452 e. The molecule has 1 aliphatic heterocycles. The summed E-state index contributed by atoms with van der Waals surface area (Å²) < 4.78 is 15.5. The van der Waals surface area contributed by atoms with Gasteiger partial charge >= 0.3 is 11.9 Å². The molecule has 10 heteroatoms. The number of hydrogen-bond acceptors (Lipinski definition) is 7. The molecule has 1 fully saturated rings. The second-order valence-corrected chi connectivity index (χ2v) is 6.98. The van der Waals surface area contributed by atoms with E-state index in [1.807, 2.05) is 0 Å². The van der Waals surface area contributed by atoms with Crippen LogP contribution in [0.3, 0.4) is 0 Å². The van der Waals surface area contributed by atoms with Crippen LogP contribution < -0.4 is 16.2 Å². The van der Waals surface area contributed by atoms with E-state index >= 15 is 0 Å². The van der Waals surface area contributed by atoms with Gasteiger partial charge in [-0.1, -0.05) is 12.1 Å². The van der Waals surface area contributed by atoms with E-state index in [1.54, 1.807) is 53.4 Å². The number of carbonyl (C=O) groups excluding carboxylic acids is 3. The molecule has 2 aromatic carbocycles. The Morgan fingerprint density at radius 2 is 1.67 bits per heavy atom. The molecule has 0 aliphatic carbocycles. The number of nitrogens with zero attached hydrogens (tertiary/aromatic N) is 2. The first-order chi connectivity index (χ1) is 15.9. The van der Waals surface area contributed by atoms with Crippen LogP contribution in [0.1, 0.15) is 15.9 Å². The molecule has 1 aliphatic rings. The number of ether oxygens (including phenoxy) is 3. The Balaban J connectivity index is 1.47. The van der Waals surface area contributed by atoms with Gasteiger partial charge in [-0.25, -0.2) is 14.6 Å². The smallest absolute Gasteiger partial charge is 0.343 e. The van der Waals surface area contributed by atoms with Gasteiger partial charge in [0.15, 0.2) is 12.6 Å². The first kappa shape index (κ1) is 23.5.